The number of esters is 2. The molecule has 3 saturated heterocycles. The van der Waals surface area contributed by atoms with Gasteiger partial charge >= 0.3 is 11.9 Å². The monoisotopic (exact) mass is 1680 g/mol. The number of aryl methyl sites for hydroxylation is 1. The SMILES string of the molecule is Cc1c2oc3c(C)ccc(C(=O)NC4C(=O)NC(C(C)C)C(=O)C5CCCC5C(=O)N(C)CC(=O)N(C)C(C(C)C)C(=O)OC4C)c3nc-2c(C(=O)NC2C(=O)NC(C(C)C)C(=O)C3CCCC3C(=O)N(C)CC(=O)N(C)C(C(C)C)C(=O)OC2C)c(N)c1=O.Cl.O=C(COc1ccc(Cl)cc1)N1CCN(Cc2ccc3c(c2)OCO3)CC1. The maximum atomic E-state index is 15.2. The standard InChI is InChI=1S/C64H88N10O16.C20H21ClN2O4.ClH/c1-27(2)44-53(78)35-19-17-21-37(35)61(84)71(13)25-40(75)73(15)50(29(5)6)63(86)88-33(11)46(59(82)67-44)69-57(80)39-24-23-31(9)55-48(39)66-49-42(43(65)52(77)32(10)56(49)90-55)58(81)70-47-34(12)89-64(87)51(30(7)8)74(16)41(76)26-72(14)62(85)38-22-18-20-36(38)54(79)45(28(3)4)68-60(47)83;21-16-2-4-17(5-3-16)25-13-20(24)23-9-7-22(8-10-23)12-15-1-6-18-19(11-15)27-14-26-18;/h23-24,27-30,33-38,44-47,50-51H,17-22,25-26,65H2,1-16H3,(H,67,82)(H,68,83)(H,69,80)(H,70,81);1-6,11H,7-10,12-14H2;1H. The number of nitrogen functional groups attached to an aromatic ring is 1. The van der Waals surface area contributed by atoms with Crippen molar-refractivity contribution in [3.63, 3.8) is 0 Å². The van der Waals surface area contributed by atoms with Crippen LogP contribution in [0.1, 0.15) is 145 Å². The Kier molecular flexibility index (Phi) is 30.2. The molecule has 0 aromatic heterocycles. The predicted octanol–water partition coefficient (Wildman–Crippen LogP) is 5.93. The Morgan fingerprint density at radius 1 is 0.619 bits per heavy atom. The number of ether oxygens (including phenoxy) is 5. The smallest absolute Gasteiger partial charge is 0.329 e. The van der Waals surface area contributed by atoms with Crippen molar-refractivity contribution in [2.45, 2.75) is 177 Å². The second kappa shape index (κ2) is 38.9. The maximum absolute atomic E-state index is 15.2. The molecule has 0 bridgehead atoms. The molecule has 2 saturated carbocycles. The van der Waals surface area contributed by atoms with Gasteiger partial charge in [-0.2, -0.15) is 0 Å². The summed E-state index contributed by atoms with van der Waals surface area (Å²) in [5.41, 5.74) is 4.85. The summed E-state index contributed by atoms with van der Waals surface area (Å²) in [6.07, 6.45) is -0.654. The molecule has 5 aliphatic heterocycles. The molecule has 8 aliphatic rings. The predicted molar refractivity (Wildman–Crippen MR) is 436 cm³/mol. The van der Waals surface area contributed by atoms with Crippen LogP contribution in [0.15, 0.2) is 63.8 Å². The highest BCUT2D eigenvalue weighted by Crippen LogP contribution is 2.40. The van der Waals surface area contributed by atoms with Gasteiger partial charge in [0.05, 0.1) is 42.0 Å². The van der Waals surface area contributed by atoms with Gasteiger partial charge in [0.15, 0.2) is 41.0 Å². The Balaban J connectivity index is 0.000000474. The minimum Gasteiger partial charge on any atom is -0.484 e. The third kappa shape index (κ3) is 20.3. The summed E-state index contributed by atoms with van der Waals surface area (Å²) in [5.74, 6) is -12.6. The molecule has 5 fully saturated rings. The van der Waals surface area contributed by atoms with Crippen molar-refractivity contribution in [3.8, 4) is 28.7 Å². The Bertz CT molecular complexity index is 4680. The summed E-state index contributed by atoms with van der Waals surface area (Å²) in [5, 5.41) is 11.4. The summed E-state index contributed by atoms with van der Waals surface area (Å²) in [4.78, 5) is 214. The lowest BCUT2D eigenvalue weighted by Crippen LogP contribution is -2.59. The van der Waals surface area contributed by atoms with E-state index in [2.05, 4.69) is 32.2 Å². The summed E-state index contributed by atoms with van der Waals surface area (Å²) in [6, 6.07) is 7.34. The fourth-order valence-corrected chi connectivity index (χ4v) is 16.5. The number of aromatic nitrogens is 1. The first-order valence-electron chi connectivity index (χ1n) is 39.9. The van der Waals surface area contributed by atoms with Crippen molar-refractivity contribution in [2.75, 3.05) is 86.6 Å². The molecule has 3 aliphatic carbocycles. The first kappa shape index (κ1) is 91.4. The largest absolute Gasteiger partial charge is 0.484 e. The highest BCUT2D eigenvalue weighted by molar-refractivity contribution is 6.30. The van der Waals surface area contributed by atoms with Gasteiger partial charge in [0.1, 0.15) is 53.3 Å². The number of amides is 9. The van der Waals surface area contributed by atoms with E-state index >= 15 is 9.59 Å². The summed E-state index contributed by atoms with van der Waals surface area (Å²) in [6.45, 7) is 22.5. The number of cyclic esters (lactones) is 2. The van der Waals surface area contributed by atoms with E-state index in [4.69, 9.17) is 50.4 Å². The summed E-state index contributed by atoms with van der Waals surface area (Å²) < 4.78 is 34.7. The van der Waals surface area contributed by atoms with Gasteiger partial charge in [0.2, 0.25) is 47.7 Å². The number of hydrogen-bond donors (Lipinski definition) is 5. The van der Waals surface area contributed by atoms with Crippen molar-refractivity contribution in [1.29, 1.82) is 0 Å². The van der Waals surface area contributed by atoms with Crippen molar-refractivity contribution >= 4 is 117 Å². The molecular weight excluding hydrogens is 1570 g/mol. The molecule has 0 spiro atoms. The van der Waals surface area contributed by atoms with Crippen LogP contribution in [-0.4, -0.2) is 240 Å². The molecule has 640 valence electrons. The third-order valence-corrected chi connectivity index (χ3v) is 23.4. The molecule has 6 N–H and O–H groups in total. The number of ketones is 2. The number of benzene rings is 4. The van der Waals surface area contributed by atoms with Crippen LogP contribution in [-0.2, 0) is 68.8 Å². The van der Waals surface area contributed by atoms with Crippen LogP contribution in [0.4, 0.5) is 5.69 Å². The molecule has 11 rings (SSSR count). The third-order valence-electron chi connectivity index (χ3n) is 23.1. The van der Waals surface area contributed by atoms with Crippen molar-refractivity contribution < 1.29 is 90.4 Å². The first-order valence-corrected chi connectivity index (χ1v) is 40.3. The van der Waals surface area contributed by atoms with Gasteiger partial charge in [-0.3, -0.25) is 62.4 Å². The number of anilines is 1. The number of nitrogens with one attached hydrogen (secondary N) is 4. The number of carbonyl (C=O) groups is 13. The quantitative estimate of drug-likeness (QED) is 0.0518. The average Bonchev–Trinajstić information content (AvgIpc) is 0.874. The molecule has 0 radical (unpaired) electrons. The minimum atomic E-state index is -1.86. The van der Waals surface area contributed by atoms with Crippen molar-refractivity contribution in [1.82, 2.24) is 55.7 Å². The number of nitrogens with two attached hydrogens (primary N) is 1. The number of halogens is 2. The number of Topliss-reactive ketones (excluding diaryl/α,β-unsaturated/α-hetero) is 2. The highest BCUT2D eigenvalue weighted by Gasteiger charge is 2.48. The maximum Gasteiger partial charge on any atom is 0.329 e. The number of likely N-dealkylation sites (N-methyl/N-ethyl adjacent to an activating group) is 4. The Hall–Kier alpha value is -10.5. The van der Waals surface area contributed by atoms with Crippen LogP contribution in [0.5, 0.6) is 17.2 Å². The lowest BCUT2D eigenvalue weighted by molar-refractivity contribution is -0.163. The van der Waals surface area contributed by atoms with E-state index in [1.54, 1.807) is 86.6 Å². The molecule has 118 heavy (non-hydrogen) atoms. The van der Waals surface area contributed by atoms with Crippen molar-refractivity contribution in [2.24, 2.45) is 47.3 Å². The van der Waals surface area contributed by atoms with E-state index in [1.807, 2.05) is 17.0 Å². The fraction of sp³-hybridized carbons (Fsp3) is 0.560. The second-order valence-electron chi connectivity index (χ2n) is 32.8. The number of rotatable bonds is 13. The normalized spacial score (nSPS) is 25.0. The average molecular weight is 1680 g/mol. The van der Waals surface area contributed by atoms with Crippen molar-refractivity contribution in [3.05, 3.63) is 97.7 Å². The van der Waals surface area contributed by atoms with Crippen LogP contribution in [0.3, 0.4) is 0 Å². The Morgan fingerprint density at radius 3 is 1.59 bits per heavy atom. The van der Waals surface area contributed by atoms with Crippen LogP contribution in [0.25, 0.3) is 22.6 Å². The number of carbonyl (C=O) groups excluding carboxylic acids is 13. The van der Waals surface area contributed by atoms with Crippen LogP contribution in [0, 0.1) is 61.2 Å². The lowest BCUT2D eigenvalue weighted by atomic mass is 9.83. The van der Waals surface area contributed by atoms with Gasteiger partial charge in [0, 0.05) is 95.2 Å². The van der Waals surface area contributed by atoms with E-state index < -0.39 is 196 Å². The van der Waals surface area contributed by atoms with Gasteiger partial charge in [-0.15, -0.1) is 12.4 Å². The number of nitrogens with zero attached hydrogens (tertiary/aromatic N) is 7. The molecule has 34 heteroatoms. The van der Waals surface area contributed by atoms with E-state index in [1.165, 1.54) is 76.5 Å². The zero-order valence-corrected chi connectivity index (χ0v) is 71.3. The molecule has 32 nitrogen and oxygen atoms in total. The number of fused-ring (bicyclic) bond motifs is 5. The number of piperazine rings is 1. The van der Waals surface area contributed by atoms with Crippen LogP contribution >= 0.6 is 24.0 Å². The van der Waals surface area contributed by atoms with Gasteiger partial charge in [0.25, 0.3) is 17.7 Å². The molecule has 12 atom stereocenters. The van der Waals surface area contributed by atoms with E-state index in [9.17, 15) is 57.5 Å². The fourth-order valence-electron chi connectivity index (χ4n) is 16.4. The minimum absolute atomic E-state index is 0. The van der Waals surface area contributed by atoms with Gasteiger partial charge in [-0.25, -0.2) is 14.6 Å². The zero-order valence-electron chi connectivity index (χ0n) is 69.7. The van der Waals surface area contributed by atoms with Gasteiger partial charge in [-0.1, -0.05) is 92.0 Å². The highest BCUT2D eigenvalue weighted by atomic mass is 35.5. The lowest BCUT2D eigenvalue weighted by Gasteiger charge is -2.35. The summed E-state index contributed by atoms with van der Waals surface area (Å²) in [7, 11) is 5.66. The van der Waals surface area contributed by atoms with Gasteiger partial charge < -0.3 is 79.6 Å². The molecular formula is C84H110Cl2N12O20. The Morgan fingerprint density at radius 2 is 1.10 bits per heavy atom. The molecule has 5 heterocycles. The van der Waals surface area contributed by atoms with E-state index in [-0.39, 0.29) is 65.4 Å². The molecule has 9 amide bonds. The van der Waals surface area contributed by atoms with E-state index in [0.717, 1.165) is 40.9 Å². The molecule has 3 aromatic rings. The molecule has 12 unspecified atom stereocenters. The first-order chi connectivity index (χ1) is 55.3. The Labute approximate surface area is 697 Å². The van der Waals surface area contributed by atoms with Gasteiger partial charge in [-0.05, 0) is 131 Å². The summed E-state index contributed by atoms with van der Waals surface area (Å²) >= 11 is 5.85. The zero-order chi connectivity index (χ0) is 85.6. The van der Waals surface area contributed by atoms with E-state index in [0.29, 0.717) is 68.0 Å². The van der Waals surface area contributed by atoms with Crippen LogP contribution in [0.2, 0.25) is 5.02 Å². The topological polar surface area (TPSA) is 405 Å². The second-order valence-corrected chi connectivity index (χ2v) is 33.3. The number of hydrogen-bond acceptors (Lipinski definition) is 23. The molecule has 3 aromatic carbocycles. The van der Waals surface area contributed by atoms with Crippen LogP contribution < -0.4 is 46.6 Å².